The number of hydrogen-bond acceptors (Lipinski definition) is 8. The maximum Gasteiger partial charge on any atom is 0.338 e. The van der Waals surface area contributed by atoms with Crippen molar-refractivity contribution < 1.29 is 22.5 Å². The van der Waals surface area contributed by atoms with E-state index in [1.165, 1.54) is 18.2 Å². The number of benzene rings is 2. The minimum atomic E-state index is -3.75. The quantitative estimate of drug-likeness (QED) is 0.294. The fraction of sp³-hybridized carbons (Fsp3) is 0.130. The molecular weight excluding hydrogens is 444 g/mol. The zero-order chi connectivity index (χ0) is 23.1. The smallest absolute Gasteiger partial charge is 0.338 e. The second-order valence-corrected chi connectivity index (χ2v) is 8.67. The van der Waals surface area contributed by atoms with Crippen molar-refractivity contribution in [2.75, 3.05) is 11.3 Å². The minimum absolute atomic E-state index is 0.130. The first kappa shape index (κ1) is 22.2. The number of nitrogens with one attached hydrogen (secondary N) is 1. The van der Waals surface area contributed by atoms with Gasteiger partial charge < -0.3 is 9.26 Å². The molecule has 168 valence electrons. The van der Waals surface area contributed by atoms with E-state index in [2.05, 4.69) is 19.8 Å². The Kier molecular flexibility index (Phi) is 6.75. The molecule has 0 fully saturated rings. The summed E-state index contributed by atoms with van der Waals surface area (Å²) in [7, 11) is -3.75. The van der Waals surface area contributed by atoms with Crippen molar-refractivity contribution in [3.63, 3.8) is 0 Å². The Morgan fingerprint density at radius 1 is 1.03 bits per heavy atom. The first-order chi connectivity index (χ1) is 16.0. The molecule has 0 bridgehead atoms. The van der Waals surface area contributed by atoms with Crippen LogP contribution in [0, 0.1) is 0 Å². The van der Waals surface area contributed by atoms with Gasteiger partial charge in [0, 0.05) is 30.1 Å². The molecular formula is C23H20N4O5S. The first-order valence-corrected chi connectivity index (χ1v) is 11.6. The topological polar surface area (TPSA) is 124 Å². The number of rotatable bonds is 9. The van der Waals surface area contributed by atoms with Gasteiger partial charge in [-0.25, -0.2) is 13.2 Å². The van der Waals surface area contributed by atoms with Crippen molar-refractivity contribution in [3.05, 3.63) is 90.6 Å². The summed E-state index contributed by atoms with van der Waals surface area (Å²) in [5, 5.41) is 3.92. The van der Waals surface area contributed by atoms with E-state index in [1.807, 2.05) is 6.07 Å². The van der Waals surface area contributed by atoms with E-state index in [0.717, 1.165) is 5.56 Å². The van der Waals surface area contributed by atoms with E-state index in [4.69, 9.17) is 9.26 Å². The highest BCUT2D eigenvalue weighted by molar-refractivity contribution is 7.92. The van der Waals surface area contributed by atoms with Crippen LogP contribution in [0.3, 0.4) is 0 Å². The number of ether oxygens (including phenoxy) is 1. The molecule has 0 saturated carbocycles. The van der Waals surface area contributed by atoms with E-state index < -0.39 is 16.0 Å². The molecule has 0 unspecified atom stereocenters. The molecule has 2 aromatic heterocycles. The molecule has 10 heteroatoms. The number of esters is 1. The maximum absolute atomic E-state index is 12.5. The average molecular weight is 465 g/mol. The normalized spacial score (nSPS) is 11.2. The highest BCUT2D eigenvalue weighted by Gasteiger charge is 2.15. The van der Waals surface area contributed by atoms with Crippen molar-refractivity contribution >= 4 is 21.7 Å². The van der Waals surface area contributed by atoms with E-state index in [9.17, 15) is 13.2 Å². The second-order valence-electron chi connectivity index (χ2n) is 6.99. The number of nitrogens with zero attached hydrogens (tertiary/aromatic N) is 3. The lowest BCUT2D eigenvalue weighted by atomic mass is 10.2. The monoisotopic (exact) mass is 464 g/mol. The Morgan fingerprint density at radius 3 is 2.67 bits per heavy atom. The predicted molar refractivity (Wildman–Crippen MR) is 120 cm³/mol. The van der Waals surface area contributed by atoms with Crippen LogP contribution in [0.4, 0.5) is 5.69 Å². The molecule has 0 amide bonds. The molecule has 0 aliphatic heterocycles. The Morgan fingerprint density at radius 2 is 1.88 bits per heavy atom. The zero-order valence-electron chi connectivity index (χ0n) is 17.4. The Balaban J connectivity index is 1.29. The maximum atomic E-state index is 12.5. The van der Waals surface area contributed by atoms with E-state index in [-0.39, 0.29) is 22.8 Å². The van der Waals surface area contributed by atoms with Gasteiger partial charge >= 0.3 is 5.97 Å². The summed E-state index contributed by atoms with van der Waals surface area (Å²) < 4.78 is 37.9. The molecule has 2 heterocycles. The lowest BCUT2D eigenvalue weighted by Gasteiger charge is -2.09. The number of hydrogen-bond donors (Lipinski definition) is 1. The molecule has 0 aliphatic rings. The van der Waals surface area contributed by atoms with Gasteiger partial charge in [-0.05, 0) is 48.9 Å². The van der Waals surface area contributed by atoms with Gasteiger partial charge in [-0.2, -0.15) is 4.98 Å². The van der Waals surface area contributed by atoms with Crippen molar-refractivity contribution in [2.24, 2.45) is 0 Å². The molecule has 0 radical (unpaired) electrons. The number of pyridine rings is 1. The van der Waals surface area contributed by atoms with Gasteiger partial charge in [-0.1, -0.05) is 29.4 Å². The summed E-state index contributed by atoms with van der Waals surface area (Å²) in [6.45, 7) is 0.142. The lowest BCUT2D eigenvalue weighted by Crippen LogP contribution is -2.13. The number of sulfonamides is 1. The molecule has 1 N–H and O–H groups in total. The average Bonchev–Trinajstić information content (AvgIpc) is 3.32. The third-order valence-corrected chi connectivity index (χ3v) is 5.96. The van der Waals surface area contributed by atoms with Crippen LogP contribution < -0.4 is 4.72 Å². The number of carbonyl (C=O) groups excluding carboxylic acids is 1. The van der Waals surface area contributed by atoms with Crippen molar-refractivity contribution in [2.45, 2.75) is 17.7 Å². The zero-order valence-corrected chi connectivity index (χ0v) is 18.2. The SMILES string of the molecule is O=C(OCCCc1nc(-c2cccnc2)no1)c1cccc(NS(=O)(=O)c2ccccc2)c1. The van der Waals surface area contributed by atoms with E-state index in [0.29, 0.717) is 24.6 Å². The molecule has 2 aromatic carbocycles. The molecule has 9 nitrogen and oxygen atoms in total. The van der Waals surface area contributed by atoms with Gasteiger partial charge in [0.1, 0.15) is 0 Å². The molecule has 0 spiro atoms. The van der Waals surface area contributed by atoms with Crippen LogP contribution >= 0.6 is 0 Å². The summed E-state index contributed by atoms with van der Waals surface area (Å²) in [6.07, 6.45) is 4.23. The lowest BCUT2D eigenvalue weighted by molar-refractivity contribution is 0.0498. The van der Waals surface area contributed by atoms with Gasteiger partial charge in [-0.3, -0.25) is 9.71 Å². The van der Waals surface area contributed by atoms with Crippen LogP contribution in [0.1, 0.15) is 22.7 Å². The number of carbonyl (C=O) groups is 1. The molecule has 33 heavy (non-hydrogen) atoms. The van der Waals surface area contributed by atoms with Crippen LogP contribution in [0.25, 0.3) is 11.4 Å². The molecule has 0 saturated heterocycles. The Bertz CT molecular complexity index is 1330. The Hall–Kier alpha value is -4.05. The largest absolute Gasteiger partial charge is 0.462 e. The van der Waals surface area contributed by atoms with Crippen LogP contribution in [-0.2, 0) is 21.2 Å². The summed E-state index contributed by atoms with van der Waals surface area (Å²) >= 11 is 0. The predicted octanol–water partition coefficient (Wildman–Crippen LogP) is 3.72. The van der Waals surface area contributed by atoms with Gasteiger partial charge in [-0.15, -0.1) is 0 Å². The van der Waals surface area contributed by atoms with E-state index >= 15 is 0 Å². The van der Waals surface area contributed by atoms with E-state index in [1.54, 1.807) is 54.9 Å². The van der Waals surface area contributed by atoms with Crippen molar-refractivity contribution in [1.82, 2.24) is 15.1 Å². The van der Waals surface area contributed by atoms with Gasteiger partial charge in [0.15, 0.2) is 0 Å². The molecule has 0 aliphatic carbocycles. The summed E-state index contributed by atoms with van der Waals surface area (Å²) in [6, 6.07) is 17.7. The van der Waals surface area contributed by atoms with Gasteiger partial charge in [0.2, 0.25) is 11.7 Å². The number of aromatic nitrogens is 3. The molecule has 0 atom stereocenters. The van der Waals surface area contributed by atoms with Crippen LogP contribution in [0.15, 0.2) is 88.5 Å². The van der Waals surface area contributed by atoms with Crippen molar-refractivity contribution in [1.29, 1.82) is 0 Å². The highest BCUT2D eigenvalue weighted by atomic mass is 32.2. The molecule has 4 rings (SSSR count). The Labute approximate surface area is 190 Å². The summed E-state index contributed by atoms with van der Waals surface area (Å²) in [5.74, 6) is 0.324. The third-order valence-electron chi connectivity index (χ3n) is 4.56. The first-order valence-electron chi connectivity index (χ1n) is 10.1. The van der Waals surface area contributed by atoms with Crippen LogP contribution in [0.2, 0.25) is 0 Å². The highest BCUT2D eigenvalue weighted by Crippen LogP contribution is 2.18. The van der Waals surface area contributed by atoms with Crippen molar-refractivity contribution in [3.8, 4) is 11.4 Å². The number of aryl methyl sites for hydroxylation is 1. The fourth-order valence-electron chi connectivity index (χ4n) is 2.96. The third kappa shape index (κ3) is 5.80. The summed E-state index contributed by atoms with van der Waals surface area (Å²) in [4.78, 5) is 20.8. The summed E-state index contributed by atoms with van der Waals surface area (Å²) in [5.41, 5.74) is 1.25. The number of anilines is 1. The fourth-order valence-corrected chi connectivity index (χ4v) is 4.03. The van der Waals surface area contributed by atoms with Gasteiger partial charge in [0.05, 0.1) is 17.1 Å². The van der Waals surface area contributed by atoms with Crippen LogP contribution in [-0.4, -0.2) is 36.1 Å². The second kappa shape index (κ2) is 10.0. The minimum Gasteiger partial charge on any atom is -0.462 e. The van der Waals surface area contributed by atoms with Crippen LogP contribution in [0.5, 0.6) is 0 Å². The standard InChI is InChI=1S/C23H20N4O5S/c28-23(31-14-6-12-21-25-22(26-32-21)18-8-5-13-24-16-18)17-7-4-9-19(15-17)27-33(29,30)20-10-2-1-3-11-20/h1-5,7-11,13,15-16,27H,6,12,14H2. The molecule has 4 aromatic rings. The van der Waals surface area contributed by atoms with Gasteiger partial charge in [0.25, 0.3) is 10.0 Å².